The van der Waals surface area contributed by atoms with Crippen LogP contribution in [0.3, 0.4) is 0 Å². The molecular formula is C22H26N6O2S. The maximum Gasteiger partial charge on any atom is 0.231 e. The van der Waals surface area contributed by atoms with Crippen LogP contribution in [0.25, 0.3) is 22.6 Å². The van der Waals surface area contributed by atoms with Crippen LogP contribution in [0.2, 0.25) is 0 Å². The molecule has 31 heavy (non-hydrogen) atoms. The van der Waals surface area contributed by atoms with E-state index in [9.17, 15) is 4.79 Å². The Kier molecular flexibility index (Phi) is 6.41. The molecule has 8 nitrogen and oxygen atoms in total. The molecule has 0 aliphatic heterocycles. The van der Waals surface area contributed by atoms with E-state index in [1.807, 2.05) is 47.9 Å². The van der Waals surface area contributed by atoms with Gasteiger partial charge in [0.05, 0.1) is 29.1 Å². The van der Waals surface area contributed by atoms with Gasteiger partial charge in [0.25, 0.3) is 0 Å². The van der Waals surface area contributed by atoms with Crippen molar-refractivity contribution in [1.82, 2.24) is 30.0 Å². The molecule has 2 atom stereocenters. The summed E-state index contributed by atoms with van der Waals surface area (Å²) in [5.41, 5.74) is 1.87. The first kappa shape index (κ1) is 21.2. The van der Waals surface area contributed by atoms with E-state index < -0.39 is 0 Å². The molecule has 162 valence electrons. The maximum absolute atomic E-state index is 12.8. The quantitative estimate of drug-likeness (QED) is 0.375. The zero-order valence-corrected chi connectivity index (χ0v) is 18.6. The van der Waals surface area contributed by atoms with Crippen LogP contribution >= 0.6 is 11.8 Å². The highest BCUT2D eigenvalue weighted by atomic mass is 32.2. The smallest absolute Gasteiger partial charge is 0.231 e. The standard InChI is InChI=1S/C22H26N6O2S/c1-4-14(3)19(20-23-15-9-6-7-10-16(15)24-20)25-18(29)13-31-22-27-26-21(28(22)5-2)17-11-8-12-30-17/h6-12,14,19H,4-5,13H2,1-3H3,(H,23,24)(H,25,29). The number of para-hydroxylation sites is 2. The SMILES string of the molecule is CCC(C)C(NC(=O)CSc1nnc(-c2ccco2)n1CC)c1nc2ccccc2[nH]1. The molecule has 0 aliphatic rings. The fraction of sp³-hybridized carbons (Fsp3) is 0.364. The number of H-pyrrole nitrogens is 1. The second-order valence-corrected chi connectivity index (χ2v) is 8.33. The summed E-state index contributed by atoms with van der Waals surface area (Å²) in [7, 11) is 0. The summed E-state index contributed by atoms with van der Waals surface area (Å²) in [6.07, 6.45) is 2.53. The number of carbonyl (C=O) groups is 1. The number of fused-ring (bicyclic) bond motifs is 1. The number of hydrogen-bond acceptors (Lipinski definition) is 6. The van der Waals surface area contributed by atoms with E-state index in [1.165, 1.54) is 11.8 Å². The molecular weight excluding hydrogens is 412 g/mol. The van der Waals surface area contributed by atoms with Gasteiger partial charge in [-0.25, -0.2) is 4.98 Å². The van der Waals surface area contributed by atoms with Crippen LogP contribution in [0.15, 0.2) is 52.2 Å². The van der Waals surface area contributed by atoms with Gasteiger partial charge in [-0.2, -0.15) is 0 Å². The molecule has 4 aromatic rings. The van der Waals surface area contributed by atoms with E-state index in [1.54, 1.807) is 6.26 Å². The summed E-state index contributed by atoms with van der Waals surface area (Å²) < 4.78 is 7.39. The highest BCUT2D eigenvalue weighted by Gasteiger charge is 2.24. The minimum atomic E-state index is -0.187. The van der Waals surface area contributed by atoms with Gasteiger partial charge >= 0.3 is 0 Å². The first-order chi connectivity index (χ1) is 15.1. The van der Waals surface area contributed by atoms with Crippen LogP contribution in [0.5, 0.6) is 0 Å². The third-order valence-electron chi connectivity index (χ3n) is 5.34. The number of carbonyl (C=O) groups excluding carboxylic acids is 1. The fourth-order valence-corrected chi connectivity index (χ4v) is 4.26. The molecule has 2 unspecified atom stereocenters. The lowest BCUT2D eigenvalue weighted by atomic mass is 9.98. The number of furan rings is 1. The molecule has 0 saturated heterocycles. The number of rotatable bonds is 9. The van der Waals surface area contributed by atoms with E-state index in [0.717, 1.165) is 23.3 Å². The molecule has 1 amide bonds. The highest BCUT2D eigenvalue weighted by molar-refractivity contribution is 7.99. The molecule has 3 heterocycles. The summed E-state index contributed by atoms with van der Waals surface area (Å²) in [5.74, 6) is 2.51. The van der Waals surface area contributed by atoms with Gasteiger partial charge in [-0.15, -0.1) is 10.2 Å². The lowest BCUT2D eigenvalue weighted by Crippen LogP contribution is -2.34. The highest BCUT2D eigenvalue weighted by Crippen LogP contribution is 2.26. The average Bonchev–Trinajstić information content (AvgIpc) is 3.53. The molecule has 4 rings (SSSR count). The van der Waals surface area contributed by atoms with Gasteiger partial charge in [0, 0.05) is 6.54 Å². The summed E-state index contributed by atoms with van der Waals surface area (Å²) in [6, 6.07) is 11.4. The second kappa shape index (κ2) is 9.38. The minimum Gasteiger partial charge on any atom is -0.461 e. The van der Waals surface area contributed by atoms with Gasteiger partial charge in [0.15, 0.2) is 16.7 Å². The number of aromatic amines is 1. The molecule has 2 N–H and O–H groups in total. The molecule has 0 aliphatic carbocycles. The van der Waals surface area contributed by atoms with Crippen molar-refractivity contribution in [3.05, 3.63) is 48.5 Å². The summed E-state index contributed by atoms with van der Waals surface area (Å²) in [4.78, 5) is 20.9. The zero-order chi connectivity index (χ0) is 21.8. The van der Waals surface area contributed by atoms with Crippen molar-refractivity contribution in [2.45, 2.75) is 44.9 Å². The van der Waals surface area contributed by atoms with Gasteiger partial charge in [-0.05, 0) is 37.1 Å². The van der Waals surface area contributed by atoms with Crippen LogP contribution in [-0.2, 0) is 11.3 Å². The number of imidazole rings is 1. The molecule has 0 bridgehead atoms. The van der Waals surface area contributed by atoms with E-state index >= 15 is 0 Å². The summed E-state index contributed by atoms with van der Waals surface area (Å²) in [6.45, 7) is 6.93. The number of nitrogens with zero attached hydrogens (tertiary/aromatic N) is 4. The van der Waals surface area contributed by atoms with E-state index in [0.29, 0.717) is 23.3 Å². The van der Waals surface area contributed by atoms with E-state index in [4.69, 9.17) is 9.40 Å². The zero-order valence-electron chi connectivity index (χ0n) is 17.8. The number of aromatic nitrogens is 5. The largest absolute Gasteiger partial charge is 0.461 e. The van der Waals surface area contributed by atoms with Crippen molar-refractivity contribution in [3.63, 3.8) is 0 Å². The Morgan fingerprint density at radius 3 is 2.77 bits per heavy atom. The van der Waals surface area contributed by atoms with E-state index in [2.05, 4.69) is 34.3 Å². The molecule has 0 spiro atoms. The van der Waals surface area contributed by atoms with Crippen LogP contribution in [0.4, 0.5) is 0 Å². The third-order valence-corrected chi connectivity index (χ3v) is 6.31. The Balaban J connectivity index is 1.46. The van der Waals surface area contributed by atoms with Gasteiger partial charge in [0.1, 0.15) is 5.82 Å². The topological polar surface area (TPSA) is 102 Å². The predicted molar refractivity (Wildman–Crippen MR) is 121 cm³/mol. The lowest BCUT2D eigenvalue weighted by Gasteiger charge is -2.22. The van der Waals surface area contributed by atoms with Crippen molar-refractivity contribution in [2.75, 3.05) is 5.75 Å². The molecule has 3 aromatic heterocycles. The molecule has 0 fully saturated rings. The molecule has 9 heteroatoms. The third kappa shape index (κ3) is 4.51. The van der Waals surface area contributed by atoms with Crippen molar-refractivity contribution in [3.8, 4) is 11.6 Å². The lowest BCUT2D eigenvalue weighted by molar-refractivity contribution is -0.119. The Morgan fingerprint density at radius 2 is 2.06 bits per heavy atom. The number of benzene rings is 1. The van der Waals surface area contributed by atoms with Crippen LogP contribution in [0, 0.1) is 5.92 Å². The normalized spacial score (nSPS) is 13.4. The van der Waals surface area contributed by atoms with Gasteiger partial charge in [-0.1, -0.05) is 44.2 Å². The molecule has 0 saturated carbocycles. The van der Waals surface area contributed by atoms with Crippen molar-refractivity contribution in [1.29, 1.82) is 0 Å². The first-order valence-electron chi connectivity index (χ1n) is 10.4. The predicted octanol–water partition coefficient (Wildman–Crippen LogP) is 4.43. The van der Waals surface area contributed by atoms with Crippen LogP contribution in [-0.4, -0.2) is 36.4 Å². The average molecular weight is 439 g/mol. The summed E-state index contributed by atoms with van der Waals surface area (Å²) in [5, 5.41) is 12.3. The summed E-state index contributed by atoms with van der Waals surface area (Å²) >= 11 is 1.36. The van der Waals surface area contributed by atoms with Crippen molar-refractivity contribution in [2.24, 2.45) is 5.92 Å². The molecule has 0 radical (unpaired) electrons. The van der Waals surface area contributed by atoms with Gasteiger partial charge in [0.2, 0.25) is 5.91 Å². The van der Waals surface area contributed by atoms with Gasteiger partial charge < -0.3 is 14.7 Å². The monoisotopic (exact) mass is 438 g/mol. The Labute approximate surface area is 184 Å². The maximum atomic E-state index is 12.8. The fourth-order valence-electron chi connectivity index (χ4n) is 3.45. The first-order valence-corrected chi connectivity index (χ1v) is 11.4. The van der Waals surface area contributed by atoms with Crippen molar-refractivity contribution < 1.29 is 9.21 Å². The Hall–Kier alpha value is -3.07. The van der Waals surface area contributed by atoms with Crippen molar-refractivity contribution >= 4 is 28.7 Å². The number of nitrogens with one attached hydrogen (secondary N) is 2. The second-order valence-electron chi connectivity index (χ2n) is 7.39. The number of thioether (sulfide) groups is 1. The Bertz CT molecular complexity index is 1120. The van der Waals surface area contributed by atoms with Gasteiger partial charge in [-0.3, -0.25) is 9.36 Å². The van der Waals surface area contributed by atoms with Crippen LogP contribution < -0.4 is 5.32 Å². The van der Waals surface area contributed by atoms with Crippen LogP contribution in [0.1, 0.15) is 39.1 Å². The Morgan fingerprint density at radius 1 is 1.23 bits per heavy atom. The number of amides is 1. The molecule has 1 aromatic carbocycles. The minimum absolute atomic E-state index is 0.0686. The van der Waals surface area contributed by atoms with E-state index in [-0.39, 0.29) is 23.6 Å². The number of hydrogen-bond donors (Lipinski definition) is 2.